The molecular formula is C95H154O30. The number of fused-ring (bicyclic) bond motifs is 3. The third kappa shape index (κ3) is 58.0. The van der Waals surface area contributed by atoms with Crippen LogP contribution in [0.2, 0.25) is 0 Å². The summed E-state index contributed by atoms with van der Waals surface area (Å²) in [4.78, 5) is 20.6. The van der Waals surface area contributed by atoms with Gasteiger partial charge in [0.05, 0.1) is 324 Å². The average molecular weight is 1780 g/mol. The second kappa shape index (κ2) is 81.7. The van der Waals surface area contributed by atoms with Gasteiger partial charge in [0.15, 0.2) is 0 Å². The maximum Gasteiger partial charge on any atom is 0.305 e. The van der Waals surface area contributed by atoms with E-state index in [-0.39, 0.29) is 25.0 Å². The van der Waals surface area contributed by atoms with E-state index in [4.69, 9.17) is 128 Å². The van der Waals surface area contributed by atoms with Crippen LogP contribution in [-0.4, -0.2) is 354 Å². The Morgan fingerprint density at radius 2 is 0.448 bits per heavy atom. The van der Waals surface area contributed by atoms with E-state index in [1.54, 1.807) is 0 Å². The Balaban J connectivity index is 0.757. The molecule has 0 radical (unpaired) electrons. The van der Waals surface area contributed by atoms with Gasteiger partial charge in [-0.3, -0.25) is 9.59 Å². The Kier molecular flexibility index (Phi) is 71.9. The minimum Gasteiger partial charge on any atom is -0.491 e. The number of aliphatic carboxylic acids is 1. The van der Waals surface area contributed by atoms with E-state index in [0.29, 0.717) is 330 Å². The zero-order chi connectivity index (χ0) is 88.2. The standard InChI is InChI=1S/C95H154O30/c1-3-5-7-9-11-13-28-95(29-14-12-10-8-6-4-2)92-81-86(19-25-90(92)91-26-20-87(82-93(91)95)85-17-23-89(24-18-85)125-80-78-122-74-72-119-69-70-120-75-76-123-83-96)84-15-21-88(22-16-84)124-79-77-121-73-71-118-68-67-117-66-65-116-64-63-115-62-61-114-60-59-113-58-57-112-56-55-111-54-53-110-52-51-109-50-49-108-48-47-107-46-45-106-44-43-105-42-41-104-40-39-103-38-37-102-36-35-101-34-33-100-32-31-99-30-27-94(97)98/h15-26,81-83H,3-14,27-80H2,1-2H3,(H,97,98). The lowest BCUT2D eigenvalue weighted by molar-refractivity contribution is -0.138. The van der Waals surface area contributed by atoms with Crippen molar-refractivity contribution in [3.63, 3.8) is 0 Å². The van der Waals surface area contributed by atoms with Gasteiger partial charge >= 0.3 is 5.97 Å². The number of hydrogen-bond donors (Lipinski definition) is 1. The first-order chi connectivity index (χ1) is 62.0. The summed E-state index contributed by atoms with van der Waals surface area (Å²) in [5.74, 6) is 0.743. The maximum absolute atomic E-state index is 10.4. The van der Waals surface area contributed by atoms with Crippen LogP contribution in [0.1, 0.15) is 121 Å². The van der Waals surface area contributed by atoms with Crippen molar-refractivity contribution in [1.29, 1.82) is 0 Å². The molecule has 0 atom stereocenters. The average Bonchev–Trinajstić information content (AvgIpc) is 1.56. The lowest BCUT2D eigenvalue weighted by Crippen LogP contribution is -2.25. The molecule has 30 heteroatoms. The summed E-state index contributed by atoms with van der Waals surface area (Å²) in [5, 5.41) is 8.55. The largest absolute Gasteiger partial charge is 0.491 e. The van der Waals surface area contributed by atoms with Crippen LogP contribution in [0.25, 0.3) is 33.4 Å². The highest BCUT2D eigenvalue weighted by Gasteiger charge is 2.43. The topological polar surface area (TPSA) is 304 Å². The van der Waals surface area contributed by atoms with Crippen LogP contribution >= 0.6 is 0 Å². The molecule has 30 nitrogen and oxygen atoms in total. The minimum atomic E-state index is -0.881. The van der Waals surface area contributed by atoms with Gasteiger partial charge in [0, 0.05) is 5.41 Å². The van der Waals surface area contributed by atoms with Crippen LogP contribution in [0.4, 0.5) is 0 Å². The van der Waals surface area contributed by atoms with Crippen molar-refractivity contribution in [3.8, 4) is 44.9 Å². The zero-order valence-electron chi connectivity index (χ0n) is 75.6. The third-order valence-corrected chi connectivity index (χ3v) is 19.7. The van der Waals surface area contributed by atoms with Gasteiger partial charge in [-0.15, -0.1) is 0 Å². The molecule has 0 saturated heterocycles. The van der Waals surface area contributed by atoms with Crippen LogP contribution in [0.5, 0.6) is 11.5 Å². The second-order valence-electron chi connectivity index (χ2n) is 29.2. The van der Waals surface area contributed by atoms with E-state index in [1.807, 2.05) is 0 Å². The van der Waals surface area contributed by atoms with E-state index >= 15 is 0 Å². The van der Waals surface area contributed by atoms with Crippen molar-refractivity contribution in [3.05, 3.63) is 96.1 Å². The zero-order valence-corrected chi connectivity index (χ0v) is 75.6. The molecule has 0 aromatic heterocycles. The van der Waals surface area contributed by atoms with Crippen LogP contribution in [-0.2, 0) is 133 Å². The molecule has 0 amide bonds. The van der Waals surface area contributed by atoms with Gasteiger partial charge in [-0.1, -0.05) is 139 Å². The first kappa shape index (κ1) is 110. The summed E-state index contributed by atoms with van der Waals surface area (Å²) in [5.41, 5.74) is 10.4. The fourth-order valence-corrected chi connectivity index (χ4v) is 13.2. The Morgan fingerprint density at radius 3 is 0.672 bits per heavy atom. The number of carboxylic acid groups (broad SMARTS) is 1. The lowest BCUT2D eigenvalue weighted by Gasteiger charge is -2.33. The molecule has 4 aromatic carbocycles. The van der Waals surface area contributed by atoms with Crippen molar-refractivity contribution in [2.24, 2.45) is 0 Å². The molecule has 4 aromatic rings. The molecule has 0 unspecified atom stereocenters. The van der Waals surface area contributed by atoms with Crippen LogP contribution in [0.3, 0.4) is 0 Å². The number of rotatable bonds is 97. The fourth-order valence-electron chi connectivity index (χ4n) is 13.2. The molecule has 125 heavy (non-hydrogen) atoms. The molecule has 0 spiro atoms. The van der Waals surface area contributed by atoms with Crippen LogP contribution in [0.15, 0.2) is 84.9 Å². The van der Waals surface area contributed by atoms with Gasteiger partial charge in [-0.25, -0.2) is 0 Å². The summed E-state index contributed by atoms with van der Waals surface area (Å²) in [6.45, 7) is 28.0. The quantitative estimate of drug-likeness (QED) is 0.0317. The maximum atomic E-state index is 10.4. The highest BCUT2D eigenvalue weighted by molar-refractivity contribution is 5.86. The molecule has 1 aliphatic carbocycles. The van der Waals surface area contributed by atoms with Crippen molar-refractivity contribution in [2.75, 3.05) is 337 Å². The molecule has 0 aliphatic heterocycles. The minimum absolute atomic E-state index is 0.0121. The van der Waals surface area contributed by atoms with Gasteiger partial charge in [-0.2, -0.15) is 0 Å². The SMILES string of the molecule is CCCCCCCCC1(CCCCCCCC)c2cc(-c3ccc(OCCOCCOCCOCCOC=O)cc3)ccc2-c2ccc(-c3ccc(OCCOCCOCCOCCOCCOCCOCCOCCOCCOCCOCCOCCOCCOCCOCCOCCOCCOCCOCCOCCOCCOCCC(=O)O)cc3)cc21. The Bertz CT molecular complexity index is 3050. The number of hydrogen-bond acceptors (Lipinski definition) is 29. The van der Waals surface area contributed by atoms with Gasteiger partial charge < -0.3 is 133 Å². The molecule has 0 fully saturated rings. The monoisotopic (exact) mass is 1780 g/mol. The van der Waals surface area contributed by atoms with Crippen molar-refractivity contribution < 1.29 is 143 Å². The van der Waals surface area contributed by atoms with E-state index in [2.05, 4.69) is 104 Å². The predicted molar refractivity (Wildman–Crippen MR) is 474 cm³/mol. The molecular weight excluding hydrogens is 1620 g/mol. The number of benzene rings is 4. The van der Waals surface area contributed by atoms with Crippen molar-refractivity contribution in [2.45, 2.75) is 116 Å². The van der Waals surface area contributed by atoms with E-state index in [1.165, 1.54) is 122 Å². The summed E-state index contributed by atoms with van der Waals surface area (Å²) in [6, 6.07) is 31.4. The number of carbonyl (C=O) groups excluding carboxylic acids is 1. The molecule has 0 bridgehead atoms. The molecule has 1 N–H and O–H groups in total. The molecule has 1 aliphatic rings. The number of ether oxygens (including phenoxy) is 27. The first-order valence-electron chi connectivity index (χ1n) is 45.9. The van der Waals surface area contributed by atoms with E-state index < -0.39 is 5.97 Å². The van der Waals surface area contributed by atoms with Gasteiger partial charge in [0.2, 0.25) is 0 Å². The van der Waals surface area contributed by atoms with E-state index in [9.17, 15) is 9.59 Å². The first-order valence-corrected chi connectivity index (χ1v) is 45.9. The highest BCUT2D eigenvalue weighted by atomic mass is 16.6. The van der Waals surface area contributed by atoms with Crippen molar-refractivity contribution in [1.82, 2.24) is 0 Å². The molecule has 714 valence electrons. The smallest absolute Gasteiger partial charge is 0.305 e. The van der Waals surface area contributed by atoms with Gasteiger partial charge in [0.1, 0.15) is 31.3 Å². The fraction of sp³-hybridized carbons (Fsp3) is 0.726. The third-order valence-electron chi connectivity index (χ3n) is 19.7. The van der Waals surface area contributed by atoms with Gasteiger partial charge in [-0.05, 0) is 93.7 Å². The van der Waals surface area contributed by atoms with Gasteiger partial charge in [0.25, 0.3) is 6.47 Å². The highest BCUT2D eigenvalue weighted by Crippen LogP contribution is 2.56. The molecule has 5 rings (SSSR count). The van der Waals surface area contributed by atoms with E-state index in [0.717, 1.165) is 24.3 Å². The summed E-state index contributed by atoms with van der Waals surface area (Å²) >= 11 is 0. The summed E-state index contributed by atoms with van der Waals surface area (Å²) in [6.07, 6.45) is 17.4. The number of carbonyl (C=O) groups is 2. The number of carboxylic acids is 1. The summed E-state index contributed by atoms with van der Waals surface area (Å²) < 4.78 is 150. The normalized spacial score (nSPS) is 12.2. The Labute approximate surface area is 745 Å². The molecule has 0 saturated carbocycles. The second-order valence-corrected chi connectivity index (χ2v) is 29.2. The summed E-state index contributed by atoms with van der Waals surface area (Å²) in [7, 11) is 0. The van der Waals surface area contributed by atoms with Crippen LogP contribution in [0, 0.1) is 0 Å². The van der Waals surface area contributed by atoms with Crippen LogP contribution < -0.4 is 9.47 Å². The number of unbranched alkanes of at least 4 members (excludes halogenated alkanes) is 10. The molecule has 0 heterocycles. The lowest BCUT2D eigenvalue weighted by atomic mass is 9.70. The Morgan fingerprint density at radius 1 is 0.248 bits per heavy atom. The predicted octanol–water partition coefficient (Wildman–Crippen LogP) is 12.6. The Hall–Kier alpha value is -5.54. The van der Waals surface area contributed by atoms with Crippen molar-refractivity contribution >= 4 is 12.4 Å².